The molecule has 0 aromatic carbocycles. The van der Waals surface area contributed by atoms with Crippen molar-refractivity contribution >= 4 is 0 Å². The van der Waals surface area contributed by atoms with Crippen molar-refractivity contribution in [1.29, 1.82) is 0 Å². The van der Waals surface area contributed by atoms with E-state index in [1.54, 1.807) is 4.90 Å². The van der Waals surface area contributed by atoms with E-state index in [1.165, 1.54) is 0 Å². The van der Waals surface area contributed by atoms with Gasteiger partial charge in [-0.15, -0.1) is 0 Å². The second-order valence-electron chi connectivity index (χ2n) is 4.76. The summed E-state index contributed by atoms with van der Waals surface area (Å²) >= 11 is 0. The Balaban J connectivity index is 1.96. The summed E-state index contributed by atoms with van der Waals surface area (Å²) in [6.07, 6.45) is -1.88. The number of piperazine rings is 1. The summed E-state index contributed by atoms with van der Waals surface area (Å²) in [5, 5.41) is 3.26. The third-order valence-corrected chi connectivity index (χ3v) is 3.20. The van der Waals surface area contributed by atoms with E-state index in [1.807, 2.05) is 6.92 Å². The lowest BCUT2D eigenvalue weighted by molar-refractivity contribution is -0.154. The van der Waals surface area contributed by atoms with Gasteiger partial charge in [0.2, 0.25) is 0 Å². The summed E-state index contributed by atoms with van der Waals surface area (Å²) in [4.78, 5) is 1.61. The number of halogens is 3. The quantitative estimate of drug-likeness (QED) is 0.763. The lowest BCUT2D eigenvalue weighted by Crippen LogP contribution is -2.58. The molecule has 0 bridgehead atoms. The zero-order chi connectivity index (χ0) is 11.1. The number of hydrogen-bond donors (Lipinski definition) is 1. The fourth-order valence-electron chi connectivity index (χ4n) is 2.36. The van der Waals surface area contributed by atoms with Crippen molar-refractivity contribution in [3.63, 3.8) is 0 Å². The molecule has 0 spiro atoms. The van der Waals surface area contributed by atoms with E-state index in [4.69, 9.17) is 0 Å². The van der Waals surface area contributed by atoms with E-state index in [-0.39, 0.29) is 12.1 Å². The van der Waals surface area contributed by atoms with Crippen LogP contribution in [0.2, 0.25) is 0 Å². The normalized spacial score (nSPS) is 34.4. The molecular formula is C10H17F3N2. The molecule has 0 aromatic heterocycles. The minimum Gasteiger partial charge on any atom is -0.311 e. The van der Waals surface area contributed by atoms with Crippen LogP contribution in [0.3, 0.4) is 0 Å². The molecule has 1 heterocycles. The molecule has 1 aliphatic carbocycles. The molecule has 1 aliphatic heterocycles. The fraction of sp³-hybridized carbons (Fsp3) is 1.00. The van der Waals surface area contributed by atoms with E-state index in [0.717, 1.165) is 12.8 Å². The molecule has 2 aliphatic rings. The van der Waals surface area contributed by atoms with Crippen LogP contribution in [0.25, 0.3) is 0 Å². The smallest absolute Gasteiger partial charge is 0.311 e. The minimum atomic E-state index is -4.07. The number of nitrogens with one attached hydrogen (secondary N) is 1. The van der Waals surface area contributed by atoms with Gasteiger partial charge in [0.05, 0.1) is 6.54 Å². The average Bonchev–Trinajstić information content (AvgIpc) is 2.84. The van der Waals surface area contributed by atoms with Gasteiger partial charge in [-0.1, -0.05) is 0 Å². The first-order valence-electron chi connectivity index (χ1n) is 5.50. The van der Waals surface area contributed by atoms with Crippen LogP contribution in [0.15, 0.2) is 0 Å². The van der Waals surface area contributed by atoms with E-state index in [2.05, 4.69) is 5.32 Å². The summed E-state index contributed by atoms with van der Waals surface area (Å²) in [5.41, 5.74) is 0. The average molecular weight is 222 g/mol. The van der Waals surface area contributed by atoms with Gasteiger partial charge in [0, 0.05) is 25.2 Å². The Hall–Kier alpha value is -0.290. The maximum Gasteiger partial charge on any atom is 0.401 e. The van der Waals surface area contributed by atoms with Crippen molar-refractivity contribution < 1.29 is 13.2 Å². The maximum absolute atomic E-state index is 12.4. The van der Waals surface area contributed by atoms with E-state index >= 15 is 0 Å². The topological polar surface area (TPSA) is 15.3 Å². The van der Waals surface area contributed by atoms with Crippen molar-refractivity contribution in [3.05, 3.63) is 0 Å². The van der Waals surface area contributed by atoms with Gasteiger partial charge in [0.1, 0.15) is 0 Å². The fourth-order valence-corrected chi connectivity index (χ4v) is 2.36. The molecule has 2 rings (SSSR count). The second kappa shape index (κ2) is 3.94. The molecule has 2 nitrogen and oxygen atoms in total. The molecule has 0 radical (unpaired) electrons. The standard InChI is InChI=1S/C10H17F3N2/c1-7-5-15(6-10(11,12)13)9(4-14-7)8-2-3-8/h7-9,14H,2-6H2,1H3. The van der Waals surface area contributed by atoms with Crippen molar-refractivity contribution in [1.82, 2.24) is 10.2 Å². The molecular weight excluding hydrogens is 205 g/mol. The van der Waals surface area contributed by atoms with Crippen LogP contribution in [-0.2, 0) is 0 Å². The summed E-state index contributed by atoms with van der Waals surface area (Å²) in [6.45, 7) is 2.41. The second-order valence-corrected chi connectivity index (χ2v) is 4.76. The molecule has 2 unspecified atom stereocenters. The van der Waals surface area contributed by atoms with Crippen LogP contribution in [0.5, 0.6) is 0 Å². The Morgan fingerprint density at radius 1 is 1.33 bits per heavy atom. The first kappa shape index (κ1) is 11.2. The highest BCUT2D eigenvalue weighted by Gasteiger charge is 2.42. The van der Waals surface area contributed by atoms with Crippen LogP contribution in [-0.4, -0.2) is 42.8 Å². The molecule has 15 heavy (non-hydrogen) atoms. The predicted molar refractivity (Wildman–Crippen MR) is 51.6 cm³/mol. The molecule has 0 amide bonds. The number of hydrogen-bond acceptors (Lipinski definition) is 2. The zero-order valence-corrected chi connectivity index (χ0v) is 8.85. The first-order valence-corrected chi connectivity index (χ1v) is 5.50. The van der Waals surface area contributed by atoms with E-state index < -0.39 is 12.7 Å². The van der Waals surface area contributed by atoms with Gasteiger partial charge in [-0.25, -0.2) is 0 Å². The molecule has 1 saturated heterocycles. The van der Waals surface area contributed by atoms with E-state index in [0.29, 0.717) is 19.0 Å². The third kappa shape index (κ3) is 3.08. The van der Waals surface area contributed by atoms with Gasteiger partial charge in [-0.2, -0.15) is 13.2 Å². The maximum atomic E-state index is 12.4. The lowest BCUT2D eigenvalue weighted by atomic mass is 10.1. The van der Waals surface area contributed by atoms with Crippen molar-refractivity contribution in [2.75, 3.05) is 19.6 Å². The van der Waals surface area contributed by atoms with E-state index in [9.17, 15) is 13.2 Å². The molecule has 2 fully saturated rings. The number of nitrogens with zero attached hydrogens (tertiary/aromatic N) is 1. The predicted octanol–water partition coefficient (Wildman–Crippen LogP) is 1.62. The highest BCUT2D eigenvalue weighted by molar-refractivity contribution is 4.94. The molecule has 5 heteroatoms. The molecule has 1 saturated carbocycles. The van der Waals surface area contributed by atoms with Crippen LogP contribution < -0.4 is 5.32 Å². The van der Waals surface area contributed by atoms with Crippen molar-refractivity contribution in [2.45, 2.75) is 38.0 Å². The highest BCUT2D eigenvalue weighted by atomic mass is 19.4. The van der Waals surface area contributed by atoms with Crippen LogP contribution in [0.1, 0.15) is 19.8 Å². The molecule has 2 atom stereocenters. The van der Waals surface area contributed by atoms with Gasteiger partial charge >= 0.3 is 6.18 Å². The lowest BCUT2D eigenvalue weighted by Gasteiger charge is -2.39. The van der Waals surface area contributed by atoms with Crippen LogP contribution in [0, 0.1) is 5.92 Å². The summed E-state index contributed by atoms with van der Waals surface area (Å²) in [6, 6.07) is 0.269. The van der Waals surface area contributed by atoms with Gasteiger partial charge in [0.15, 0.2) is 0 Å². The summed E-state index contributed by atoms with van der Waals surface area (Å²) in [7, 11) is 0. The monoisotopic (exact) mass is 222 g/mol. The first-order chi connectivity index (χ1) is 6.96. The van der Waals surface area contributed by atoms with Crippen LogP contribution >= 0.6 is 0 Å². The van der Waals surface area contributed by atoms with Gasteiger partial charge in [-0.05, 0) is 25.7 Å². The van der Waals surface area contributed by atoms with Crippen LogP contribution in [0.4, 0.5) is 13.2 Å². The van der Waals surface area contributed by atoms with Gasteiger partial charge in [-0.3, -0.25) is 4.90 Å². The number of rotatable bonds is 2. The van der Waals surface area contributed by atoms with Crippen molar-refractivity contribution in [3.8, 4) is 0 Å². The third-order valence-electron chi connectivity index (χ3n) is 3.20. The highest BCUT2D eigenvalue weighted by Crippen LogP contribution is 2.37. The summed E-state index contributed by atoms with van der Waals surface area (Å²) < 4.78 is 37.1. The van der Waals surface area contributed by atoms with Gasteiger partial charge in [0.25, 0.3) is 0 Å². The Kier molecular flexibility index (Phi) is 2.94. The minimum absolute atomic E-state index is 0.0998. The molecule has 1 N–H and O–H groups in total. The molecule has 0 aromatic rings. The Labute approximate surface area is 87.8 Å². The largest absolute Gasteiger partial charge is 0.401 e. The Bertz CT molecular complexity index is 225. The SMILES string of the molecule is CC1CN(CC(F)(F)F)C(C2CC2)CN1. The Morgan fingerprint density at radius 3 is 2.53 bits per heavy atom. The molecule has 88 valence electrons. The Morgan fingerprint density at radius 2 is 2.00 bits per heavy atom. The van der Waals surface area contributed by atoms with Gasteiger partial charge < -0.3 is 5.32 Å². The van der Waals surface area contributed by atoms with Crippen molar-refractivity contribution in [2.24, 2.45) is 5.92 Å². The summed E-state index contributed by atoms with van der Waals surface area (Å²) in [5.74, 6) is 0.493. The zero-order valence-electron chi connectivity index (χ0n) is 8.85. The number of alkyl halides is 3.